The van der Waals surface area contributed by atoms with Crippen LogP contribution < -0.4 is 5.32 Å². The third-order valence-corrected chi connectivity index (χ3v) is 4.93. The van der Waals surface area contributed by atoms with Gasteiger partial charge in [0.05, 0.1) is 12.6 Å². The van der Waals surface area contributed by atoms with E-state index in [4.69, 9.17) is 5.11 Å². The minimum absolute atomic E-state index is 0.0224. The molecule has 1 amide bonds. The van der Waals surface area contributed by atoms with Crippen molar-refractivity contribution < 1.29 is 9.90 Å². The van der Waals surface area contributed by atoms with Crippen LogP contribution in [0.15, 0.2) is 30.3 Å². The molecule has 0 spiro atoms. The smallest absolute Gasteiger partial charge is 0.234 e. The van der Waals surface area contributed by atoms with Crippen LogP contribution in [0.5, 0.6) is 0 Å². The molecule has 21 heavy (non-hydrogen) atoms. The Morgan fingerprint density at radius 2 is 2.24 bits per heavy atom. The van der Waals surface area contributed by atoms with Crippen LogP contribution in [-0.4, -0.2) is 53.2 Å². The Morgan fingerprint density at radius 3 is 2.95 bits per heavy atom. The predicted octanol–water partition coefficient (Wildman–Crippen LogP) is 1.66. The maximum absolute atomic E-state index is 12.2. The number of rotatable bonds is 6. The highest BCUT2D eigenvalue weighted by Gasteiger charge is 2.24. The summed E-state index contributed by atoms with van der Waals surface area (Å²) in [6, 6.07) is 10.3. The van der Waals surface area contributed by atoms with Crippen molar-refractivity contribution in [2.24, 2.45) is 0 Å². The lowest BCUT2D eigenvalue weighted by molar-refractivity contribution is -0.123. The van der Waals surface area contributed by atoms with Crippen LogP contribution in [0, 0.1) is 0 Å². The zero-order valence-electron chi connectivity index (χ0n) is 12.5. The highest BCUT2D eigenvalue weighted by molar-refractivity contribution is 7.99. The third kappa shape index (κ3) is 5.02. The molecule has 4 nitrogen and oxygen atoms in total. The van der Waals surface area contributed by atoms with E-state index in [1.54, 1.807) is 0 Å². The van der Waals surface area contributed by atoms with Crippen LogP contribution in [0.25, 0.3) is 0 Å². The van der Waals surface area contributed by atoms with Crippen molar-refractivity contribution in [2.75, 3.05) is 31.2 Å². The zero-order valence-corrected chi connectivity index (χ0v) is 13.3. The summed E-state index contributed by atoms with van der Waals surface area (Å²) in [6.07, 6.45) is 0.745. The highest BCUT2D eigenvalue weighted by Crippen LogP contribution is 2.18. The summed E-state index contributed by atoms with van der Waals surface area (Å²) in [5.74, 6) is 2.12. The topological polar surface area (TPSA) is 52.6 Å². The van der Waals surface area contributed by atoms with Gasteiger partial charge in [0.25, 0.3) is 0 Å². The number of hydrogen-bond acceptors (Lipinski definition) is 4. The molecule has 1 aromatic carbocycles. The van der Waals surface area contributed by atoms with E-state index >= 15 is 0 Å². The molecule has 1 aliphatic heterocycles. The van der Waals surface area contributed by atoms with Gasteiger partial charge in [0.2, 0.25) is 5.91 Å². The summed E-state index contributed by atoms with van der Waals surface area (Å²) in [6.45, 7) is 3.53. The summed E-state index contributed by atoms with van der Waals surface area (Å²) >= 11 is 1.90. The fourth-order valence-corrected chi connectivity index (χ4v) is 3.79. The molecule has 0 bridgehead atoms. The lowest BCUT2D eigenvalue weighted by Crippen LogP contribution is -2.48. The monoisotopic (exact) mass is 308 g/mol. The second-order valence-electron chi connectivity index (χ2n) is 5.41. The molecular formula is C16H24N2O2S. The SMILES string of the molecule is C[C@H](NC(=O)CN1CCSC[C@H]1CCO)c1ccccc1. The standard InChI is InChI=1S/C16H24N2O2S/c1-13(14-5-3-2-4-6-14)17-16(20)11-18-8-10-21-12-15(18)7-9-19/h2-6,13,15,19H,7-12H2,1H3,(H,17,20)/t13-,15+/m0/s1. The molecule has 5 heteroatoms. The lowest BCUT2D eigenvalue weighted by Gasteiger charge is -2.34. The minimum atomic E-state index is 0.0224. The van der Waals surface area contributed by atoms with E-state index in [0.717, 1.165) is 30.0 Å². The molecule has 0 saturated carbocycles. The summed E-state index contributed by atoms with van der Waals surface area (Å²) in [7, 11) is 0. The van der Waals surface area contributed by atoms with Gasteiger partial charge in [0, 0.05) is 30.7 Å². The number of nitrogens with one attached hydrogen (secondary N) is 1. The Kier molecular flexibility index (Phi) is 6.54. The number of amides is 1. The van der Waals surface area contributed by atoms with Gasteiger partial charge in [-0.25, -0.2) is 0 Å². The van der Waals surface area contributed by atoms with Crippen molar-refractivity contribution in [3.05, 3.63) is 35.9 Å². The van der Waals surface area contributed by atoms with E-state index in [1.165, 1.54) is 0 Å². The largest absolute Gasteiger partial charge is 0.396 e. The third-order valence-electron chi connectivity index (χ3n) is 3.84. The molecular weight excluding hydrogens is 284 g/mol. The van der Waals surface area contributed by atoms with Gasteiger partial charge in [-0.05, 0) is 18.9 Å². The molecule has 116 valence electrons. The van der Waals surface area contributed by atoms with Gasteiger partial charge in [0.15, 0.2) is 0 Å². The molecule has 0 aliphatic carbocycles. The van der Waals surface area contributed by atoms with Crippen LogP contribution in [-0.2, 0) is 4.79 Å². The number of aliphatic hydroxyl groups is 1. The van der Waals surface area contributed by atoms with Gasteiger partial charge in [-0.1, -0.05) is 30.3 Å². The normalized spacial score (nSPS) is 21.0. The average Bonchev–Trinajstić information content (AvgIpc) is 2.50. The first kappa shape index (κ1) is 16.3. The summed E-state index contributed by atoms with van der Waals surface area (Å²) in [4.78, 5) is 14.4. The van der Waals surface area contributed by atoms with Gasteiger partial charge in [-0.15, -0.1) is 0 Å². The first-order valence-corrected chi connectivity index (χ1v) is 8.63. The number of benzene rings is 1. The van der Waals surface area contributed by atoms with Crippen LogP contribution in [0.2, 0.25) is 0 Å². The van der Waals surface area contributed by atoms with E-state index in [0.29, 0.717) is 12.6 Å². The second-order valence-corrected chi connectivity index (χ2v) is 6.56. The fraction of sp³-hybridized carbons (Fsp3) is 0.562. The van der Waals surface area contributed by atoms with E-state index in [1.807, 2.05) is 49.0 Å². The molecule has 1 heterocycles. The average molecular weight is 308 g/mol. The number of aliphatic hydroxyl groups excluding tert-OH is 1. The second kappa shape index (κ2) is 8.41. The molecule has 0 aromatic heterocycles. The van der Waals surface area contributed by atoms with Crippen molar-refractivity contribution in [3.63, 3.8) is 0 Å². The first-order chi connectivity index (χ1) is 10.2. The zero-order chi connectivity index (χ0) is 15.1. The van der Waals surface area contributed by atoms with E-state index < -0.39 is 0 Å². The van der Waals surface area contributed by atoms with E-state index in [2.05, 4.69) is 10.2 Å². The van der Waals surface area contributed by atoms with E-state index in [9.17, 15) is 4.79 Å². The predicted molar refractivity (Wildman–Crippen MR) is 87.4 cm³/mol. The maximum atomic E-state index is 12.2. The van der Waals surface area contributed by atoms with Crippen molar-refractivity contribution in [1.82, 2.24) is 10.2 Å². The number of thioether (sulfide) groups is 1. The maximum Gasteiger partial charge on any atom is 0.234 e. The Hall–Kier alpha value is -1.04. The van der Waals surface area contributed by atoms with Crippen LogP contribution in [0.3, 0.4) is 0 Å². The van der Waals surface area contributed by atoms with Gasteiger partial charge >= 0.3 is 0 Å². The number of hydrogen-bond donors (Lipinski definition) is 2. The van der Waals surface area contributed by atoms with Crippen LogP contribution >= 0.6 is 11.8 Å². The number of carbonyl (C=O) groups is 1. The van der Waals surface area contributed by atoms with Crippen LogP contribution in [0.4, 0.5) is 0 Å². The van der Waals surface area contributed by atoms with E-state index in [-0.39, 0.29) is 18.6 Å². The Bertz CT molecular complexity index is 439. The minimum Gasteiger partial charge on any atom is -0.396 e. The molecule has 0 unspecified atom stereocenters. The summed E-state index contributed by atoms with van der Waals surface area (Å²) < 4.78 is 0. The molecule has 1 aromatic rings. The lowest BCUT2D eigenvalue weighted by atomic mass is 10.1. The number of carbonyl (C=O) groups excluding carboxylic acids is 1. The Balaban J connectivity index is 1.85. The van der Waals surface area contributed by atoms with Gasteiger partial charge < -0.3 is 10.4 Å². The Morgan fingerprint density at radius 1 is 1.48 bits per heavy atom. The molecule has 1 aliphatic rings. The molecule has 0 radical (unpaired) electrons. The van der Waals surface area contributed by atoms with Crippen molar-refractivity contribution in [3.8, 4) is 0 Å². The van der Waals surface area contributed by atoms with Gasteiger partial charge in [0.1, 0.15) is 0 Å². The van der Waals surface area contributed by atoms with Crippen LogP contribution in [0.1, 0.15) is 24.9 Å². The molecule has 1 saturated heterocycles. The molecule has 2 rings (SSSR count). The molecule has 1 fully saturated rings. The summed E-state index contributed by atoms with van der Waals surface area (Å²) in [5, 5.41) is 12.2. The fourth-order valence-electron chi connectivity index (χ4n) is 2.61. The van der Waals surface area contributed by atoms with Gasteiger partial charge in [-0.3, -0.25) is 9.69 Å². The Labute approximate surface area is 130 Å². The highest BCUT2D eigenvalue weighted by atomic mass is 32.2. The first-order valence-electron chi connectivity index (χ1n) is 7.47. The van der Waals surface area contributed by atoms with Crippen molar-refractivity contribution >= 4 is 17.7 Å². The number of nitrogens with zero attached hydrogens (tertiary/aromatic N) is 1. The molecule has 2 N–H and O–H groups in total. The van der Waals surface area contributed by atoms with Gasteiger partial charge in [-0.2, -0.15) is 11.8 Å². The van der Waals surface area contributed by atoms with Crippen molar-refractivity contribution in [1.29, 1.82) is 0 Å². The molecule has 2 atom stereocenters. The quantitative estimate of drug-likeness (QED) is 0.839. The van der Waals surface area contributed by atoms with Crippen molar-refractivity contribution in [2.45, 2.75) is 25.4 Å². The summed E-state index contributed by atoms with van der Waals surface area (Å²) in [5.41, 5.74) is 1.12.